The zero-order valence-electron chi connectivity index (χ0n) is 8.60. The number of phenols is 1. The Morgan fingerprint density at radius 3 is 1.89 bits per heavy atom. The summed E-state index contributed by atoms with van der Waals surface area (Å²) in [7, 11) is 0. The van der Waals surface area contributed by atoms with Crippen LogP contribution in [0.15, 0.2) is 18.2 Å². The van der Waals surface area contributed by atoms with Gasteiger partial charge >= 0.3 is 12.1 Å². The third-order valence-corrected chi connectivity index (χ3v) is 2.26. The Kier molecular flexibility index (Phi) is 3.16. The topological polar surface area (TPSA) is 72.3 Å². The molecule has 3 nitrogen and oxygen atoms in total. The van der Waals surface area contributed by atoms with Crippen molar-refractivity contribution in [2.24, 2.45) is 5.73 Å². The Labute approximate surface area is 97.0 Å². The van der Waals surface area contributed by atoms with E-state index in [1.807, 2.05) is 0 Å². The van der Waals surface area contributed by atoms with Crippen molar-refractivity contribution in [2.45, 2.75) is 17.9 Å². The quantitative estimate of drug-likeness (QED) is 0.335. The van der Waals surface area contributed by atoms with Crippen molar-refractivity contribution in [3.05, 3.63) is 23.8 Å². The van der Waals surface area contributed by atoms with Gasteiger partial charge in [-0.25, -0.2) is 4.39 Å². The maximum atomic E-state index is 13.6. The molecule has 9 heteroatoms. The van der Waals surface area contributed by atoms with E-state index in [2.05, 4.69) is 5.73 Å². The van der Waals surface area contributed by atoms with E-state index in [4.69, 9.17) is 10.8 Å². The van der Waals surface area contributed by atoms with Crippen molar-refractivity contribution in [1.29, 1.82) is 0 Å². The van der Waals surface area contributed by atoms with Crippen LogP contribution in [0, 0.1) is 0 Å². The predicted octanol–water partition coefficient (Wildman–Crippen LogP) is 2.25. The molecule has 18 heavy (non-hydrogen) atoms. The van der Waals surface area contributed by atoms with E-state index in [1.165, 1.54) is 0 Å². The van der Waals surface area contributed by atoms with Crippen LogP contribution in [-0.4, -0.2) is 17.2 Å². The number of phenolic OH excluding ortho intramolecular Hbond substituents is 1. The number of anilines is 1. The molecule has 0 aromatic heterocycles. The molecule has 1 aromatic carbocycles. The van der Waals surface area contributed by atoms with Crippen LogP contribution in [0.3, 0.4) is 0 Å². The Bertz CT molecular complexity index is 457. The summed E-state index contributed by atoms with van der Waals surface area (Å²) in [6, 6.07) is 1.61. The second-order valence-corrected chi connectivity index (χ2v) is 3.56. The van der Waals surface area contributed by atoms with Gasteiger partial charge in [0.15, 0.2) is 0 Å². The lowest BCUT2D eigenvalue weighted by Gasteiger charge is -2.31. The summed E-state index contributed by atoms with van der Waals surface area (Å²) in [5, 5.41) is 9.06. The summed E-state index contributed by atoms with van der Waals surface area (Å²) in [5.41, 5.74) is 7.98. The van der Waals surface area contributed by atoms with Crippen LogP contribution >= 0.6 is 0 Å². The summed E-state index contributed by atoms with van der Waals surface area (Å²) >= 11 is 0. The third-order valence-electron chi connectivity index (χ3n) is 2.26. The van der Waals surface area contributed by atoms with Crippen molar-refractivity contribution in [1.82, 2.24) is 0 Å². The SMILES string of the molecule is Nc1ccc(C(N)(F)C(F)(F)C(F)(F)F)cc1O. The van der Waals surface area contributed by atoms with Gasteiger partial charge in [-0.1, -0.05) is 6.07 Å². The zero-order chi connectivity index (χ0) is 14.4. The first kappa shape index (κ1) is 14.4. The first-order valence-electron chi connectivity index (χ1n) is 4.42. The molecule has 102 valence electrons. The molecule has 0 heterocycles. The number of nitrogen functional groups attached to an aromatic ring is 1. The molecule has 5 N–H and O–H groups in total. The molecule has 0 aliphatic heterocycles. The first-order valence-corrected chi connectivity index (χ1v) is 4.42. The van der Waals surface area contributed by atoms with Crippen molar-refractivity contribution in [3.63, 3.8) is 0 Å². The largest absolute Gasteiger partial charge is 0.506 e. The summed E-state index contributed by atoms with van der Waals surface area (Å²) in [6.07, 6.45) is -6.17. The predicted molar refractivity (Wildman–Crippen MR) is 50.5 cm³/mol. The van der Waals surface area contributed by atoms with E-state index in [0.717, 1.165) is 6.07 Å². The lowest BCUT2D eigenvalue weighted by molar-refractivity contribution is -0.330. The van der Waals surface area contributed by atoms with Gasteiger partial charge in [-0.3, -0.25) is 5.73 Å². The maximum absolute atomic E-state index is 13.6. The summed E-state index contributed by atoms with van der Waals surface area (Å²) in [5.74, 6) is -11.2. The second kappa shape index (κ2) is 3.94. The smallest absolute Gasteiger partial charge is 0.458 e. The van der Waals surface area contributed by atoms with E-state index in [9.17, 15) is 26.3 Å². The highest BCUT2D eigenvalue weighted by Gasteiger charge is 2.70. The number of aromatic hydroxyl groups is 1. The molecule has 0 aliphatic carbocycles. The molecule has 0 radical (unpaired) electrons. The van der Waals surface area contributed by atoms with Gasteiger partial charge in [0.2, 0.25) is 0 Å². The van der Waals surface area contributed by atoms with Gasteiger partial charge in [0.05, 0.1) is 5.69 Å². The van der Waals surface area contributed by atoms with Gasteiger partial charge in [-0.05, 0) is 12.1 Å². The molecule has 1 unspecified atom stereocenters. The molecule has 0 amide bonds. The molecule has 0 saturated carbocycles. The first-order chi connectivity index (χ1) is 7.91. The van der Waals surface area contributed by atoms with Gasteiger partial charge in [-0.15, -0.1) is 0 Å². The lowest BCUT2D eigenvalue weighted by atomic mass is 9.97. The fourth-order valence-corrected chi connectivity index (χ4v) is 1.16. The van der Waals surface area contributed by atoms with Crippen LogP contribution in [0.1, 0.15) is 5.56 Å². The Hall–Kier alpha value is -1.64. The Morgan fingerprint density at radius 2 is 1.50 bits per heavy atom. The van der Waals surface area contributed by atoms with Crippen LogP contribution in [0.5, 0.6) is 5.75 Å². The number of rotatable bonds is 2. The number of hydrogen-bond acceptors (Lipinski definition) is 3. The number of hydrogen-bond donors (Lipinski definition) is 3. The molecular weight excluding hydrogens is 266 g/mol. The standard InChI is InChI=1S/C9H8F6N2O/c10-7(17,8(11,12)9(13,14)15)4-1-2-5(16)6(18)3-4/h1-3,18H,16-17H2. The van der Waals surface area contributed by atoms with Crippen molar-refractivity contribution in [3.8, 4) is 5.75 Å². The van der Waals surface area contributed by atoms with Crippen molar-refractivity contribution in [2.75, 3.05) is 5.73 Å². The highest BCUT2D eigenvalue weighted by Crippen LogP contribution is 2.48. The minimum atomic E-state index is -6.17. The zero-order valence-corrected chi connectivity index (χ0v) is 8.60. The van der Waals surface area contributed by atoms with E-state index in [1.54, 1.807) is 0 Å². The summed E-state index contributed by atoms with van der Waals surface area (Å²) in [4.78, 5) is 0. The molecule has 1 atom stereocenters. The average Bonchev–Trinajstić information content (AvgIpc) is 2.20. The lowest BCUT2D eigenvalue weighted by Crippen LogP contribution is -2.57. The van der Waals surface area contributed by atoms with E-state index < -0.39 is 29.2 Å². The Balaban J connectivity index is 3.33. The molecule has 0 aliphatic rings. The van der Waals surface area contributed by atoms with Crippen molar-refractivity contribution < 1.29 is 31.4 Å². The van der Waals surface area contributed by atoms with Crippen LogP contribution < -0.4 is 11.5 Å². The normalized spacial score (nSPS) is 16.4. The minimum absolute atomic E-state index is 0.314. The van der Waals surface area contributed by atoms with Gasteiger partial charge < -0.3 is 10.8 Å². The molecule has 0 saturated heterocycles. The summed E-state index contributed by atoms with van der Waals surface area (Å²) < 4.78 is 75.5. The number of benzene rings is 1. The number of alkyl halides is 6. The van der Waals surface area contributed by atoms with E-state index >= 15 is 0 Å². The van der Waals surface area contributed by atoms with Gasteiger partial charge in [-0.2, -0.15) is 22.0 Å². The van der Waals surface area contributed by atoms with Crippen LogP contribution in [0.2, 0.25) is 0 Å². The Morgan fingerprint density at radius 1 is 1.00 bits per heavy atom. The molecule has 0 spiro atoms. The van der Waals surface area contributed by atoms with Crippen LogP contribution in [0.4, 0.5) is 32.0 Å². The fourth-order valence-electron chi connectivity index (χ4n) is 1.16. The maximum Gasteiger partial charge on any atom is 0.458 e. The van der Waals surface area contributed by atoms with E-state index in [-0.39, 0.29) is 5.69 Å². The van der Waals surface area contributed by atoms with Crippen molar-refractivity contribution >= 4 is 5.69 Å². The van der Waals surface area contributed by atoms with Gasteiger partial charge in [0.1, 0.15) is 5.75 Å². The number of halogens is 6. The fraction of sp³-hybridized carbons (Fsp3) is 0.333. The van der Waals surface area contributed by atoms with Gasteiger partial charge in [0.25, 0.3) is 5.79 Å². The highest BCUT2D eigenvalue weighted by atomic mass is 19.4. The van der Waals surface area contributed by atoms with Crippen LogP contribution in [-0.2, 0) is 5.79 Å². The molecule has 1 rings (SSSR count). The average molecular weight is 274 g/mol. The molecule has 0 bridgehead atoms. The van der Waals surface area contributed by atoms with Gasteiger partial charge in [0, 0.05) is 5.56 Å². The minimum Gasteiger partial charge on any atom is -0.506 e. The third kappa shape index (κ3) is 2.05. The monoisotopic (exact) mass is 274 g/mol. The molecular formula is C9H8F6N2O. The molecule has 1 aromatic rings. The second-order valence-electron chi connectivity index (χ2n) is 3.56. The highest BCUT2D eigenvalue weighted by molar-refractivity contribution is 5.54. The van der Waals surface area contributed by atoms with E-state index in [0.29, 0.717) is 12.1 Å². The molecule has 0 fully saturated rings. The van der Waals surface area contributed by atoms with Crippen LogP contribution in [0.25, 0.3) is 0 Å². The summed E-state index contributed by atoms with van der Waals surface area (Å²) in [6.45, 7) is 0. The number of nitrogens with two attached hydrogens (primary N) is 2.